The Labute approximate surface area is 208 Å². The average Bonchev–Trinajstić information content (AvgIpc) is 2.81. The smallest absolute Gasteiger partial charge is 0.134 e. The Morgan fingerprint density at radius 3 is 0.969 bits per heavy atom. The van der Waals surface area contributed by atoms with Crippen LogP contribution in [0.1, 0.15) is 57.8 Å². The second-order valence-corrected chi connectivity index (χ2v) is 17.3. The molecule has 32 heavy (non-hydrogen) atoms. The van der Waals surface area contributed by atoms with E-state index in [-0.39, 0.29) is 46.3 Å². The van der Waals surface area contributed by atoms with Crippen LogP contribution in [0.25, 0.3) is 0 Å². The van der Waals surface area contributed by atoms with Crippen LogP contribution in [0.2, 0.25) is 23.2 Å². The van der Waals surface area contributed by atoms with Gasteiger partial charge in [-0.05, 0) is 5.04 Å². The number of rotatable bonds is 24. The van der Waals surface area contributed by atoms with Crippen LogP contribution < -0.4 is 0 Å². The van der Waals surface area contributed by atoms with E-state index in [1.165, 1.54) is 86.2 Å². The van der Waals surface area contributed by atoms with Crippen molar-refractivity contribution in [3.63, 3.8) is 0 Å². The molecule has 0 atom stereocenters. The molecule has 0 spiro atoms. The summed E-state index contributed by atoms with van der Waals surface area (Å²) < 4.78 is 32.3. The average molecular weight is 527 g/mol. The second-order valence-electron chi connectivity index (χ2n) is 9.31. The van der Waals surface area contributed by atoms with Crippen molar-refractivity contribution in [3.8, 4) is 0 Å². The molecule has 0 aromatic carbocycles. The molecule has 0 amide bonds. The van der Waals surface area contributed by atoms with Crippen LogP contribution >= 0.6 is 0 Å². The van der Waals surface area contributed by atoms with Crippen molar-refractivity contribution >= 4 is 38.8 Å². The van der Waals surface area contributed by atoms with Crippen molar-refractivity contribution in [2.45, 2.75) is 98.7 Å². The van der Waals surface area contributed by atoms with Crippen molar-refractivity contribution < 1.29 is 28.4 Å². The molecule has 0 unspecified atom stereocenters. The van der Waals surface area contributed by atoms with Crippen molar-refractivity contribution in [1.29, 1.82) is 0 Å². The summed E-state index contributed by atoms with van der Waals surface area (Å²) in [5.41, 5.74) is 0. The Bertz CT molecular complexity index is 342. The maximum atomic E-state index is 5.38. The molecule has 0 aromatic heterocycles. The quantitative estimate of drug-likeness (QED) is 0.108. The highest BCUT2D eigenvalue weighted by Gasteiger charge is 2.23. The van der Waals surface area contributed by atoms with Gasteiger partial charge in [-0.25, -0.2) is 0 Å². The summed E-state index contributed by atoms with van der Waals surface area (Å²) in [6.45, 7) is 0. The van der Waals surface area contributed by atoms with Crippen molar-refractivity contribution in [3.05, 3.63) is 0 Å². The van der Waals surface area contributed by atoms with Gasteiger partial charge in [-0.1, -0.05) is 75.9 Å². The minimum Gasteiger partial charge on any atom is -0.360 e. The first kappa shape index (κ1) is 32.6. The van der Waals surface area contributed by atoms with Crippen LogP contribution in [-0.4, -0.2) is 99.2 Å². The number of hydrogen-bond donors (Lipinski definition) is 0. The molecule has 0 rings (SSSR count). The van der Waals surface area contributed by atoms with Gasteiger partial charge in [0.2, 0.25) is 0 Å². The first-order chi connectivity index (χ1) is 15.5. The first-order valence-corrected chi connectivity index (χ1v) is 19.1. The summed E-state index contributed by atoms with van der Waals surface area (Å²) in [6.07, 6.45) is 12.3. The Morgan fingerprint density at radius 1 is 0.500 bits per heavy atom. The monoisotopic (exact) mass is 526 g/mol. The normalized spacial score (nSPS) is 15.3. The zero-order valence-electron chi connectivity index (χ0n) is 22.3. The molecule has 0 N–H and O–H groups in total. The fourth-order valence-electron chi connectivity index (χ4n) is 4.49. The number of unbranched alkanes of at least 4 members (excludes halogenated alkanes) is 3. The highest BCUT2D eigenvalue weighted by atomic mass is 28.2. The summed E-state index contributed by atoms with van der Waals surface area (Å²) in [6, 6.07) is 3.98. The van der Waals surface area contributed by atoms with E-state index in [1.807, 2.05) is 0 Å². The number of ether oxygens (including phenoxy) is 6. The van der Waals surface area contributed by atoms with E-state index in [2.05, 4.69) is 0 Å². The molecular weight excluding hydrogens is 473 g/mol. The molecule has 0 aliphatic heterocycles. The van der Waals surface area contributed by atoms with E-state index >= 15 is 0 Å². The molecule has 10 heteroatoms. The fourth-order valence-corrected chi connectivity index (χ4v) is 9.89. The second kappa shape index (κ2) is 22.1. The topological polar surface area (TPSA) is 55.4 Å². The molecule has 0 aromatic rings. The van der Waals surface area contributed by atoms with Gasteiger partial charge in [0.1, 0.15) is 17.7 Å². The summed E-state index contributed by atoms with van der Waals surface area (Å²) in [4.78, 5) is 0. The van der Waals surface area contributed by atoms with Crippen LogP contribution in [0.15, 0.2) is 0 Å². The lowest BCUT2D eigenvalue weighted by molar-refractivity contribution is -0.0442. The van der Waals surface area contributed by atoms with E-state index in [4.69, 9.17) is 28.4 Å². The van der Waals surface area contributed by atoms with Crippen LogP contribution in [0.3, 0.4) is 0 Å². The standard InChI is InChI=1S/C22H54O6Si4/c1-23-19(24-2)30-16-10-7-13-22(29,14-8-11-17-31-20(25-3)26-4)15-9-12-18-32-21(27-5)28-6/h19-21H,7-18,30-32H2,1-6,29H3. The molecule has 0 fully saturated rings. The lowest BCUT2D eigenvalue weighted by Crippen LogP contribution is -2.21. The third kappa shape index (κ3) is 17.1. The van der Waals surface area contributed by atoms with E-state index < -0.39 is 0 Å². The van der Waals surface area contributed by atoms with Gasteiger partial charge in [-0.2, -0.15) is 0 Å². The van der Waals surface area contributed by atoms with E-state index in [9.17, 15) is 0 Å². The lowest BCUT2D eigenvalue weighted by Gasteiger charge is -2.30. The lowest BCUT2D eigenvalue weighted by atomic mass is 9.89. The Kier molecular flexibility index (Phi) is 22.5. The predicted octanol–water partition coefficient (Wildman–Crippen LogP) is 1.51. The molecule has 0 aliphatic rings. The van der Waals surface area contributed by atoms with Gasteiger partial charge >= 0.3 is 0 Å². The molecule has 0 saturated heterocycles. The summed E-state index contributed by atoms with van der Waals surface area (Å²) in [7, 11) is 11.0. The zero-order valence-corrected chi connectivity index (χ0v) is 28.5. The summed E-state index contributed by atoms with van der Waals surface area (Å²) in [5, 5.41) is 0.608. The maximum Gasteiger partial charge on any atom is 0.134 e. The number of methoxy groups -OCH3 is 6. The SMILES string of the molecule is COC(OC)[SiH2]CCCCC([SiH3])(CCCC[SiH2]C(OC)OC)CCCC[SiH2]C(OC)OC. The van der Waals surface area contributed by atoms with Crippen molar-refractivity contribution in [1.82, 2.24) is 0 Å². The van der Waals surface area contributed by atoms with Gasteiger partial charge in [0.25, 0.3) is 0 Å². The van der Waals surface area contributed by atoms with Gasteiger partial charge in [0, 0.05) is 52.9 Å². The third-order valence-corrected chi connectivity index (χ3v) is 14.4. The molecule has 0 bridgehead atoms. The first-order valence-electron chi connectivity index (χ1n) is 12.6. The highest BCUT2D eigenvalue weighted by molar-refractivity contribution is 6.37. The fraction of sp³-hybridized carbons (Fsp3) is 1.00. The zero-order chi connectivity index (χ0) is 24.1. The minimum atomic E-state index is -0.281. The molecule has 0 radical (unpaired) electrons. The minimum absolute atomic E-state index is 0.0927. The van der Waals surface area contributed by atoms with Crippen LogP contribution in [-0.2, 0) is 28.4 Å². The van der Waals surface area contributed by atoms with Crippen LogP contribution in [0.5, 0.6) is 0 Å². The maximum absolute atomic E-state index is 5.38. The Morgan fingerprint density at radius 2 is 0.750 bits per heavy atom. The molecule has 0 heterocycles. The van der Waals surface area contributed by atoms with Gasteiger partial charge < -0.3 is 28.4 Å². The van der Waals surface area contributed by atoms with E-state index in [0.29, 0.717) is 5.04 Å². The summed E-state index contributed by atoms with van der Waals surface area (Å²) >= 11 is 0. The highest BCUT2D eigenvalue weighted by Crippen LogP contribution is 2.40. The van der Waals surface area contributed by atoms with Gasteiger partial charge in [0.05, 0.1) is 28.6 Å². The van der Waals surface area contributed by atoms with E-state index in [0.717, 1.165) is 0 Å². The van der Waals surface area contributed by atoms with Crippen molar-refractivity contribution in [2.75, 3.05) is 42.7 Å². The van der Waals surface area contributed by atoms with E-state index in [1.54, 1.807) is 42.7 Å². The number of hydrogen-bond acceptors (Lipinski definition) is 6. The van der Waals surface area contributed by atoms with Crippen molar-refractivity contribution in [2.24, 2.45) is 0 Å². The van der Waals surface area contributed by atoms with Gasteiger partial charge in [-0.15, -0.1) is 0 Å². The molecule has 6 nitrogen and oxygen atoms in total. The largest absolute Gasteiger partial charge is 0.360 e. The van der Waals surface area contributed by atoms with Crippen LogP contribution in [0, 0.1) is 0 Å². The van der Waals surface area contributed by atoms with Gasteiger partial charge in [0.15, 0.2) is 0 Å². The summed E-state index contributed by atoms with van der Waals surface area (Å²) in [5.74, 6) is 0.278. The molecule has 194 valence electrons. The third-order valence-electron chi connectivity index (χ3n) is 6.74. The molecule has 0 aliphatic carbocycles. The molecule has 0 saturated carbocycles. The predicted molar refractivity (Wildman–Crippen MR) is 148 cm³/mol. The van der Waals surface area contributed by atoms with Gasteiger partial charge in [-0.3, -0.25) is 0 Å². The Hall–Kier alpha value is 0.628. The molecular formula is C22H54O6Si4. The Balaban J connectivity index is 4.36. The van der Waals surface area contributed by atoms with Crippen LogP contribution in [0.4, 0.5) is 0 Å².